The van der Waals surface area contributed by atoms with Gasteiger partial charge < -0.3 is 20.4 Å². The van der Waals surface area contributed by atoms with E-state index < -0.39 is 0 Å². The number of nitrogens with one attached hydrogen (secondary N) is 2. The van der Waals surface area contributed by atoms with E-state index in [4.69, 9.17) is 0 Å². The monoisotopic (exact) mass is 425 g/mol. The van der Waals surface area contributed by atoms with Crippen LogP contribution >= 0.6 is 0 Å². The van der Waals surface area contributed by atoms with Gasteiger partial charge in [0.25, 0.3) is 0 Å². The standard InChI is InChI=1S/C24H35N5O2/c1-2-25-24(27-20-13-15-28(17-20)23(31)19-9-3-4-10-19)26-16-22(30)29-14-7-11-18-8-5-6-12-21(18)29/h5-6,8,12,19-20H,2-4,7,9-11,13-17H2,1H3,(H2,25,26,27). The van der Waals surface area contributed by atoms with Crippen LogP contribution in [0.4, 0.5) is 5.69 Å². The Kier molecular flexibility index (Phi) is 7.10. The molecule has 168 valence electrons. The predicted octanol–water partition coefficient (Wildman–Crippen LogP) is 2.31. The smallest absolute Gasteiger partial charge is 0.248 e. The maximum atomic E-state index is 12.9. The SMILES string of the molecule is CCNC(=NCC(=O)N1CCCc2ccccc21)NC1CCN(C(=O)C2CCCC2)C1. The topological polar surface area (TPSA) is 77.0 Å². The lowest BCUT2D eigenvalue weighted by Crippen LogP contribution is -2.46. The molecule has 7 nitrogen and oxygen atoms in total. The van der Waals surface area contributed by atoms with Crippen LogP contribution in [0, 0.1) is 5.92 Å². The Balaban J connectivity index is 1.33. The third kappa shape index (κ3) is 5.20. The van der Waals surface area contributed by atoms with E-state index in [0.29, 0.717) is 18.4 Å². The number of benzene rings is 1. The summed E-state index contributed by atoms with van der Waals surface area (Å²) in [5.41, 5.74) is 2.25. The van der Waals surface area contributed by atoms with Crippen molar-refractivity contribution in [3.05, 3.63) is 29.8 Å². The van der Waals surface area contributed by atoms with Crippen LogP contribution in [0.25, 0.3) is 0 Å². The summed E-state index contributed by atoms with van der Waals surface area (Å²) in [4.78, 5) is 34.0. The van der Waals surface area contributed by atoms with Crippen molar-refractivity contribution in [2.75, 3.05) is 37.6 Å². The van der Waals surface area contributed by atoms with E-state index in [2.05, 4.69) is 21.7 Å². The quantitative estimate of drug-likeness (QED) is 0.561. The molecule has 0 bridgehead atoms. The number of likely N-dealkylation sites (tertiary alicyclic amines) is 1. The van der Waals surface area contributed by atoms with Crippen LogP contribution in [-0.2, 0) is 16.0 Å². The maximum absolute atomic E-state index is 12.9. The molecule has 1 aromatic carbocycles. The Morgan fingerprint density at radius 2 is 1.90 bits per heavy atom. The van der Waals surface area contributed by atoms with E-state index in [9.17, 15) is 9.59 Å². The highest BCUT2D eigenvalue weighted by atomic mass is 16.2. The van der Waals surface area contributed by atoms with Gasteiger partial charge in [-0.25, -0.2) is 4.99 Å². The van der Waals surface area contributed by atoms with Gasteiger partial charge in [0.15, 0.2) is 5.96 Å². The lowest BCUT2D eigenvalue weighted by molar-refractivity contribution is -0.134. The Morgan fingerprint density at radius 1 is 1.10 bits per heavy atom. The fourth-order valence-electron chi connectivity index (χ4n) is 5.05. The second-order valence-electron chi connectivity index (χ2n) is 8.87. The van der Waals surface area contributed by atoms with Gasteiger partial charge in [-0.2, -0.15) is 0 Å². The molecule has 2 N–H and O–H groups in total. The average Bonchev–Trinajstić information content (AvgIpc) is 3.49. The largest absolute Gasteiger partial charge is 0.357 e. The van der Waals surface area contributed by atoms with Crippen molar-refractivity contribution in [1.82, 2.24) is 15.5 Å². The Morgan fingerprint density at radius 3 is 2.71 bits per heavy atom. The molecule has 2 fully saturated rings. The van der Waals surface area contributed by atoms with E-state index in [1.165, 1.54) is 18.4 Å². The van der Waals surface area contributed by atoms with E-state index in [1.807, 2.05) is 34.9 Å². The number of rotatable bonds is 5. The summed E-state index contributed by atoms with van der Waals surface area (Å²) in [7, 11) is 0. The van der Waals surface area contributed by atoms with Crippen LogP contribution in [-0.4, -0.2) is 61.4 Å². The molecule has 0 aromatic heterocycles. The maximum Gasteiger partial charge on any atom is 0.248 e. The van der Waals surface area contributed by atoms with Crippen LogP contribution in [0.5, 0.6) is 0 Å². The minimum Gasteiger partial charge on any atom is -0.357 e. The van der Waals surface area contributed by atoms with Crippen LogP contribution < -0.4 is 15.5 Å². The van der Waals surface area contributed by atoms with E-state index >= 15 is 0 Å². The zero-order valence-corrected chi connectivity index (χ0v) is 18.6. The highest BCUT2D eigenvalue weighted by Gasteiger charge is 2.32. The van der Waals surface area contributed by atoms with E-state index in [0.717, 1.165) is 57.4 Å². The molecule has 2 aliphatic heterocycles. The first kappa shape index (κ1) is 21.7. The van der Waals surface area contributed by atoms with Crippen molar-refractivity contribution in [1.29, 1.82) is 0 Å². The van der Waals surface area contributed by atoms with Gasteiger partial charge in [0, 0.05) is 43.8 Å². The Labute approximate surface area is 185 Å². The first-order valence-electron chi connectivity index (χ1n) is 11.9. The number of nitrogens with zero attached hydrogens (tertiary/aromatic N) is 3. The van der Waals surface area contributed by atoms with Gasteiger partial charge in [0.2, 0.25) is 11.8 Å². The minimum atomic E-state index is 0.0220. The summed E-state index contributed by atoms with van der Waals surface area (Å²) in [5.74, 6) is 1.23. The molecule has 1 aliphatic carbocycles. The second kappa shape index (κ2) is 10.2. The number of hydrogen-bond acceptors (Lipinski definition) is 3. The molecular formula is C24H35N5O2. The first-order valence-corrected chi connectivity index (χ1v) is 11.9. The molecule has 1 saturated heterocycles. The van der Waals surface area contributed by atoms with Gasteiger partial charge in [0.05, 0.1) is 0 Å². The molecule has 0 spiro atoms. The van der Waals surface area contributed by atoms with E-state index in [-0.39, 0.29) is 24.4 Å². The van der Waals surface area contributed by atoms with Crippen molar-refractivity contribution in [2.45, 2.75) is 57.9 Å². The number of aliphatic imine (C=N–C) groups is 1. The molecule has 4 rings (SSSR count). The zero-order valence-electron chi connectivity index (χ0n) is 18.6. The molecule has 2 amide bonds. The molecule has 1 atom stereocenters. The number of anilines is 1. The summed E-state index contributed by atoms with van der Waals surface area (Å²) in [6, 6.07) is 8.31. The molecule has 1 unspecified atom stereocenters. The molecule has 7 heteroatoms. The molecule has 31 heavy (non-hydrogen) atoms. The van der Waals surface area contributed by atoms with Gasteiger partial charge in [-0.3, -0.25) is 9.59 Å². The number of carbonyl (C=O) groups excluding carboxylic acids is 2. The molecule has 1 saturated carbocycles. The van der Waals surface area contributed by atoms with Crippen LogP contribution in [0.2, 0.25) is 0 Å². The Hall–Kier alpha value is -2.57. The minimum absolute atomic E-state index is 0.0220. The predicted molar refractivity (Wildman–Crippen MR) is 123 cm³/mol. The summed E-state index contributed by atoms with van der Waals surface area (Å²) >= 11 is 0. The molecule has 0 radical (unpaired) electrons. The number of guanidine groups is 1. The molecule has 1 aromatic rings. The first-order chi connectivity index (χ1) is 15.2. The van der Waals surface area contributed by atoms with Crippen molar-refractivity contribution in [3.8, 4) is 0 Å². The summed E-state index contributed by atoms with van der Waals surface area (Å²) in [6.45, 7) is 5.12. The number of amides is 2. The zero-order chi connectivity index (χ0) is 21.6. The van der Waals surface area contributed by atoms with Crippen molar-refractivity contribution >= 4 is 23.5 Å². The third-order valence-electron chi connectivity index (χ3n) is 6.67. The van der Waals surface area contributed by atoms with E-state index in [1.54, 1.807) is 0 Å². The number of fused-ring (bicyclic) bond motifs is 1. The van der Waals surface area contributed by atoms with Crippen LogP contribution in [0.3, 0.4) is 0 Å². The van der Waals surface area contributed by atoms with Gasteiger partial charge in [-0.15, -0.1) is 0 Å². The van der Waals surface area contributed by atoms with Crippen LogP contribution in [0.1, 0.15) is 51.0 Å². The number of aryl methyl sites for hydroxylation is 1. The lowest BCUT2D eigenvalue weighted by Gasteiger charge is -2.29. The van der Waals surface area contributed by atoms with Crippen molar-refractivity contribution in [3.63, 3.8) is 0 Å². The number of hydrogen-bond donors (Lipinski definition) is 2. The molecular weight excluding hydrogens is 390 g/mol. The van der Waals surface area contributed by atoms with Gasteiger partial charge >= 0.3 is 0 Å². The molecule has 3 aliphatic rings. The molecule has 2 heterocycles. The summed E-state index contributed by atoms with van der Waals surface area (Å²) in [5, 5.41) is 6.69. The van der Waals surface area contributed by atoms with Gasteiger partial charge in [-0.1, -0.05) is 31.0 Å². The third-order valence-corrected chi connectivity index (χ3v) is 6.67. The van der Waals surface area contributed by atoms with Gasteiger partial charge in [0.1, 0.15) is 6.54 Å². The summed E-state index contributed by atoms with van der Waals surface area (Å²) < 4.78 is 0. The fraction of sp³-hybridized carbons (Fsp3) is 0.625. The van der Waals surface area contributed by atoms with Gasteiger partial charge in [-0.05, 0) is 50.7 Å². The number of carbonyl (C=O) groups is 2. The van der Waals surface area contributed by atoms with Crippen molar-refractivity contribution < 1.29 is 9.59 Å². The van der Waals surface area contributed by atoms with Crippen LogP contribution in [0.15, 0.2) is 29.3 Å². The Bertz CT molecular complexity index is 818. The normalized spacial score (nSPS) is 21.8. The summed E-state index contributed by atoms with van der Waals surface area (Å²) in [6.07, 6.45) is 7.36. The van der Waals surface area contributed by atoms with Crippen molar-refractivity contribution in [2.24, 2.45) is 10.9 Å². The highest BCUT2D eigenvalue weighted by molar-refractivity contribution is 5.97. The lowest BCUT2D eigenvalue weighted by atomic mass is 10.0. The highest BCUT2D eigenvalue weighted by Crippen LogP contribution is 2.28. The second-order valence-corrected chi connectivity index (χ2v) is 8.87. The number of para-hydroxylation sites is 1. The fourth-order valence-corrected chi connectivity index (χ4v) is 5.05. The average molecular weight is 426 g/mol.